The lowest BCUT2D eigenvalue weighted by atomic mass is 9.92. The standard InChI is InChI=1S/C15H20N2O/c1-15(12-18-2,14-6-4-3-5-7-14)17-11-13-8-9-16-10-13/h3-10,16-17H,11-12H2,1-2H3/t15-/m1/s1. The number of hydrogen-bond donors (Lipinski definition) is 2. The summed E-state index contributed by atoms with van der Waals surface area (Å²) in [6.07, 6.45) is 3.94. The molecule has 0 aliphatic carbocycles. The van der Waals surface area contributed by atoms with Gasteiger partial charge in [-0.15, -0.1) is 0 Å². The fourth-order valence-corrected chi connectivity index (χ4v) is 2.10. The largest absolute Gasteiger partial charge is 0.382 e. The predicted octanol–water partition coefficient (Wildman–Crippen LogP) is 2.67. The van der Waals surface area contributed by atoms with Crippen molar-refractivity contribution in [2.24, 2.45) is 0 Å². The highest BCUT2D eigenvalue weighted by molar-refractivity contribution is 5.24. The van der Waals surface area contributed by atoms with Crippen LogP contribution in [0.15, 0.2) is 48.8 Å². The summed E-state index contributed by atoms with van der Waals surface area (Å²) in [5.74, 6) is 0. The van der Waals surface area contributed by atoms with Gasteiger partial charge in [0.25, 0.3) is 0 Å². The molecule has 0 saturated heterocycles. The van der Waals surface area contributed by atoms with Gasteiger partial charge in [-0.2, -0.15) is 0 Å². The van der Waals surface area contributed by atoms with Crippen molar-refractivity contribution in [3.05, 3.63) is 59.9 Å². The zero-order valence-electron chi connectivity index (χ0n) is 10.9. The van der Waals surface area contributed by atoms with Crippen LogP contribution in [0, 0.1) is 0 Å². The van der Waals surface area contributed by atoms with Crippen LogP contribution in [0.25, 0.3) is 0 Å². The van der Waals surface area contributed by atoms with E-state index in [2.05, 4.69) is 47.6 Å². The Bertz CT molecular complexity index is 453. The number of rotatable bonds is 6. The molecule has 1 aromatic carbocycles. The number of ether oxygens (including phenoxy) is 1. The maximum absolute atomic E-state index is 5.36. The lowest BCUT2D eigenvalue weighted by Gasteiger charge is -2.31. The Balaban J connectivity index is 2.11. The van der Waals surface area contributed by atoms with Crippen LogP contribution >= 0.6 is 0 Å². The number of aromatic nitrogens is 1. The zero-order chi connectivity index (χ0) is 12.8. The summed E-state index contributed by atoms with van der Waals surface area (Å²) in [6, 6.07) is 12.5. The first-order chi connectivity index (χ1) is 8.74. The van der Waals surface area contributed by atoms with Gasteiger partial charge in [0.15, 0.2) is 0 Å². The minimum absolute atomic E-state index is 0.173. The molecule has 3 nitrogen and oxygen atoms in total. The number of benzene rings is 1. The summed E-state index contributed by atoms with van der Waals surface area (Å²) in [5.41, 5.74) is 2.31. The van der Waals surface area contributed by atoms with Crippen LogP contribution in [-0.4, -0.2) is 18.7 Å². The van der Waals surface area contributed by atoms with Crippen molar-refractivity contribution in [3.63, 3.8) is 0 Å². The van der Waals surface area contributed by atoms with Gasteiger partial charge in [-0.05, 0) is 24.1 Å². The molecule has 1 atom stereocenters. The Labute approximate surface area is 108 Å². The van der Waals surface area contributed by atoms with Gasteiger partial charge in [-0.3, -0.25) is 0 Å². The Morgan fingerprint density at radius 3 is 2.61 bits per heavy atom. The second-order valence-electron chi connectivity index (χ2n) is 4.70. The molecule has 0 aliphatic heterocycles. The molecular weight excluding hydrogens is 224 g/mol. The van der Waals surface area contributed by atoms with Crippen LogP contribution in [0.3, 0.4) is 0 Å². The van der Waals surface area contributed by atoms with Crippen LogP contribution in [-0.2, 0) is 16.8 Å². The molecule has 18 heavy (non-hydrogen) atoms. The van der Waals surface area contributed by atoms with Gasteiger partial charge in [0.1, 0.15) is 0 Å². The summed E-state index contributed by atoms with van der Waals surface area (Å²) >= 11 is 0. The first-order valence-electron chi connectivity index (χ1n) is 6.16. The first kappa shape index (κ1) is 12.9. The minimum Gasteiger partial charge on any atom is -0.382 e. The van der Waals surface area contributed by atoms with Crippen molar-refractivity contribution in [3.8, 4) is 0 Å². The highest BCUT2D eigenvalue weighted by Gasteiger charge is 2.25. The Hall–Kier alpha value is -1.58. The molecular formula is C15H20N2O. The van der Waals surface area contributed by atoms with Crippen molar-refractivity contribution in [1.82, 2.24) is 10.3 Å². The van der Waals surface area contributed by atoms with E-state index in [0.717, 1.165) is 6.54 Å². The third kappa shape index (κ3) is 3.00. The summed E-state index contributed by atoms with van der Waals surface area (Å²) in [6.45, 7) is 3.62. The fourth-order valence-electron chi connectivity index (χ4n) is 2.10. The second-order valence-corrected chi connectivity index (χ2v) is 4.70. The van der Waals surface area contributed by atoms with Gasteiger partial charge in [-0.25, -0.2) is 0 Å². The molecule has 0 spiro atoms. The average Bonchev–Trinajstić information content (AvgIpc) is 2.91. The molecule has 2 N–H and O–H groups in total. The van der Waals surface area contributed by atoms with E-state index in [0.29, 0.717) is 6.61 Å². The highest BCUT2D eigenvalue weighted by Crippen LogP contribution is 2.21. The maximum atomic E-state index is 5.36. The van der Waals surface area contributed by atoms with Gasteiger partial charge in [0.05, 0.1) is 12.1 Å². The third-order valence-corrected chi connectivity index (χ3v) is 3.19. The van der Waals surface area contributed by atoms with Gasteiger partial charge >= 0.3 is 0 Å². The number of aromatic amines is 1. The van der Waals surface area contributed by atoms with Gasteiger partial charge in [-0.1, -0.05) is 30.3 Å². The van der Waals surface area contributed by atoms with Crippen molar-refractivity contribution in [1.29, 1.82) is 0 Å². The lowest BCUT2D eigenvalue weighted by Crippen LogP contribution is -2.42. The van der Waals surface area contributed by atoms with Crippen LogP contribution in [0.1, 0.15) is 18.1 Å². The van der Waals surface area contributed by atoms with E-state index >= 15 is 0 Å². The Morgan fingerprint density at radius 2 is 2.00 bits per heavy atom. The molecule has 0 saturated carbocycles. The monoisotopic (exact) mass is 244 g/mol. The summed E-state index contributed by atoms with van der Waals surface area (Å²) in [5, 5.41) is 3.57. The molecule has 0 amide bonds. The summed E-state index contributed by atoms with van der Waals surface area (Å²) < 4.78 is 5.36. The highest BCUT2D eigenvalue weighted by atomic mass is 16.5. The van der Waals surface area contributed by atoms with Crippen LogP contribution in [0.4, 0.5) is 0 Å². The molecule has 0 radical (unpaired) electrons. The van der Waals surface area contributed by atoms with Crippen molar-refractivity contribution < 1.29 is 4.74 Å². The zero-order valence-corrected chi connectivity index (χ0v) is 10.9. The van der Waals surface area contributed by atoms with Gasteiger partial charge < -0.3 is 15.0 Å². The van der Waals surface area contributed by atoms with Crippen LogP contribution in [0.5, 0.6) is 0 Å². The molecule has 96 valence electrons. The summed E-state index contributed by atoms with van der Waals surface area (Å²) in [7, 11) is 1.74. The topological polar surface area (TPSA) is 37.0 Å². The van der Waals surface area contributed by atoms with E-state index in [4.69, 9.17) is 4.74 Å². The average molecular weight is 244 g/mol. The van der Waals surface area contributed by atoms with E-state index in [1.54, 1.807) is 7.11 Å². The smallest absolute Gasteiger partial charge is 0.0683 e. The van der Waals surface area contributed by atoms with Crippen molar-refractivity contribution in [2.75, 3.05) is 13.7 Å². The summed E-state index contributed by atoms with van der Waals surface area (Å²) in [4.78, 5) is 3.07. The molecule has 2 rings (SSSR count). The first-order valence-corrected chi connectivity index (χ1v) is 6.16. The van der Waals surface area contributed by atoms with Gasteiger partial charge in [0.2, 0.25) is 0 Å². The van der Waals surface area contributed by atoms with E-state index in [1.165, 1.54) is 11.1 Å². The van der Waals surface area contributed by atoms with Crippen LogP contribution < -0.4 is 5.32 Å². The van der Waals surface area contributed by atoms with Crippen molar-refractivity contribution in [2.45, 2.75) is 19.0 Å². The van der Waals surface area contributed by atoms with Gasteiger partial charge in [0, 0.05) is 26.0 Å². The van der Waals surface area contributed by atoms with E-state index in [9.17, 15) is 0 Å². The molecule has 0 fully saturated rings. The molecule has 0 aliphatic rings. The molecule has 3 heteroatoms. The molecule has 1 heterocycles. The maximum Gasteiger partial charge on any atom is 0.0683 e. The normalized spacial score (nSPS) is 14.3. The SMILES string of the molecule is COC[C@@](C)(NCc1cc[nH]c1)c1ccccc1. The number of H-pyrrole nitrogens is 1. The Kier molecular flexibility index (Phi) is 4.18. The number of methoxy groups -OCH3 is 1. The molecule has 1 aromatic heterocycles. The number of hydrogen-bond acceptors (Lipinski definition) is 2. The van der Waals surface area contributed by atoms with Crippen molar-refractivity contribution >= 4 is 0 Å². The molecule has 2 aromatic rings. The second kappa shape index (κ2) is 5.85. The van der Waals surface area contributed by atoms with E-state index in [-0.39, 0.29) is 5.54 Å². The lowest BCUT2D eigenvalue weighted by molar-refractivity contribution is 0.117. The number of nitrogens with one attached hydrogen (secondary N) is 2. The fraction of sp³-hybridized carbons (Fsp3) is 0.333. The van der Waals surface area contributed by atoms with Crippen LogP contribution in [0.2, 0.25) is 0 Å². The van der Waals surface area contributed by atoms with E-state index in [1.807, 2.05) is 18.5 Å². The molecule has 0 bridgehead atoms. The Morgan fingerprint density at radius 1 is 1.22 bits per heavy atom. The molecule has 0 unspecified atom stereocenters. The van der Waals surface area contributed by atoms with E-state index < -0.39 is 0 Å². The minimum atomic E-state index is -0.173. The quantitative estimate of drug-likeness (QED) is 0.819. The predicted molar refractivity (Wildman–Crippen MR) is 73.3 cm³/mol. The third-order valence-electron chi connectivity index (χ3n) is 3.19.